The molecular formula is C11H12BrN3. The van der Waals surface area contributed by atoms with Gasteiger partial charge < -0.3 is 0 Å². The van der Waals surface area contributed by atoms with E-state index in [0.717, 1.165) is 15.7 Å². The van der Waals surface area contributed by atoms with E-state index < -0.39 is 0 Å². The number of fused-ring (bicyclic) bond motifs is 1. The van der Waals surface area contributed by atoms with E-state index in [9.17, 15) is 0 Å². The first kappa shape index (κ1) is 9.33. The van der Waals surface area contributed by atoms with E-state index in [4.69, 9.17) is 0 Å². The van der Waals surface area contributed by atoms with Crippen LogP contribution < -0.4 is 0 Å². The number of rotatable bonds is 1. The summed E-state index contributed by atoms with van der Waals surface area (Å²) in [6.45, 7) is 2.03. The molecule has 15 heavy (non-hydrogen) atoms. The van der Waals surface area contributed by atoms with Gasteiger partial charge in [0.1, 0.15) is 0 Å². The lowest BCUT2D eigenvalue weighted by atomic mass is 9.83. The Morgan fingerprint density at radius 1 is 1.47 bits per heavy atom. The Labute approximate surface area is 96.6 Å². The van der Waals surface area contributed by atoms with Crippen LogP contribution in [0.3, 0.4) is 0 Å². The lowest BCUT2D eigenvalue weighted by Crippen LogP contribution is -2.09. The molecule has 0 bridgehead atoms. The number of aryl methyl sites for hydroxylation is 1. The van der Waals surface area contributed by atoms with Crippen LogP contribution >= 0.6 is 15.9 Å². The molecule has 1 fully saturated rings. The summed E-state index contributed by atoms with van der Waals surface area (Å²) in [6.07, 6.45) is 7.77. The van der Waals surface area contributed by atoms with Gasteiger partial charge in [-0.15, -0.1) is 0 Å². The highest BCUT2D eigenvalue weighted by Gasteiger charge is 2.26. The zero-order chi connectivity index (χ0) is 10.4. The van der Waals surface area contributed by atoms with Crippen LogP contribution in [0.15, 0.2) is 16.9 Å². The molecule has 0 N–H and O–H groups in total. The van der Waals surface area contributed by atoms with Gasteiger partial charge in [-0.1, -0.05) is 6.42 Å². The van der Waals surface area contributed by atoms with E-state index in [1.54, 1.807) is 0 Å². The summed E-state index contributed by atoms with van der Waals surface area (Å²) < 4.78 is 2.96. The summed E-state index contributed by atoms with van der Waals surface area (Å²) >= 11 is 3.61. The van der Waals surface area contributed by atoms with Crippen molar-refractivity contribution in [3.63, 3.8) is 0 Å². The van der Waals surface area contributed by atoms with Crippen molar-refractivity contribution >= 4 is 21.6 Å². The van der Waals surface area contributed by atoms with Crippen molar-refractivity contribution in [1.82, 2.24) is 14.6 Å². The molecule has 0 aromatic carbocycles. The minimum Gasteiger partial charge on any atom is -0.236 e. The molecule has 2 aromatic heterocycles. The molecule has 0 spiro atoms. The molecule has 1 aliphatic carbocycles. The first-order chi connectivity index (χ1) is 7.25. The number of aromatic nitrogens is 3. The molecule has 1 saturated carbocycles. The number of halogens is 1. The molecule has 3 nitrogen and oxygen atoms in total. The van der Waals surface area contributed by atoms with Crippen LogP contribution in [0.5, 0.6) is 0 Å². The Hall–Kier alpha value is -0.900. The van der Waals surface area contributed by atoms with E-state index >= 15 is 0 Å². The van der Waals surface area contributed by atoms with E-state index in [1.165, 1.54) is 25.0 Å². The van der Waals surface area contributed by atoms with Crippen molar-refractivity contribution in [3.8, 4) is 0 Å². The third-order valence-electron chi connectivity index (χ3n) is 3.06. The summed E-state index contributed by atoms with van der Waals surface area (Å²) in [5.74, 6) is 0.640. The molecule has 78 valence electrons. The Balaban J connectivity index is 2.19. The van der Waals surface area contributed by atoms with Crippen LogP contribution in [0.4, 0.5) is 0 Å². The zero-order valence-corrected chi connectivity index (χ0v) is 10.2. The van der Waals surface area contributed by atoms with E-state index in [2.05, 4.69) is 26.0 Å². The molecule has 0 amide bonds. The largest absolute Gasteiger partial charge is 0.236 e. The molecule has 3 rings (SSSR count). The normalized spacial score (nSPS) is 16.9. The van der Waals surface area contributed by atoms with Crippen LogP contribution in [-0.2, 0) is 0 Å². The SMILES string of the molecule is Cc1cnc2c(Br)c(C3CCC3)nn2c1. The summed E-state index contributed by atoms with van der Waals surface area (Å²) in [6, 6.07) is 0. The van der Waals surface area contributed by atoms with E-state index in [1.807, 2.05) is 23.8 Å². The van der Waals surface area contributed by atoms with Crippen molar-refractivity contribution in [2.45, 2.75) is 32.1 Å². The predicted molar refractivity (Wildman–Crippen MR) is 62.0 cm³/mol. The average Bonchev–Trinajstić information content (AvgIpc) is 2.41. The van der Waals surface area contributed by atoms with Crippen molar-refractivity contribution in [2.24, 2.45) is 0 Å². The first-order valence-electron chi connectivity index (χ1n) is 5.26. The molecule has 1 aliphatic rings. The van der Waals surface area contributed by atoms with Crippen molar-refractivity contribution in [3.05, 3.63) is 28.1 Å². The van der Waals surface area contributed by atoms with Gasteiger partial charge in [0.15, 0.2) is 5.65 Å². The maximum Gasteiger partial charge on any atom is 0.169 e. The van der Waals surface area contributed by atoms with Gasteiger partial charge in [-0.2, -0.15) is 5.10 Å². The Bertz CT molecular complexity index is 514. The maximum atomic E-state index is 4.60. The third kappa shape index (κ3) is 1.39. The molecular weight excluding hydrogens is 254 g/mol. The summed E-state index contributed by atoms with van der Waals surface area (Å²) in [7, 11) is 0. The highest BCUT2D eigenvalue weighted by molar-refractivity contribution is 9.10. The lowest BCUT2D eigenvalue weighted by Gasteiger charge is -2.23. The van der Waals surface area contributed by atoms with Crippen LogP contribution in [0, 0.1) is 6.92 Å². The Morgan fingerprint density at radius 2 is 2.27 bits per heavy atom. The fourth-order valence-electron chi connectivity index (χ4n) is 1.96. The van der Waals surface area contributed by atoms with Gasteiger partial charge >= 0.3 is 0 Å². The number of hydrogen-bond donors (Lipinski definition) is 0. The zero-order valence-electron chi connectivity index (χ0n) is 8.57. The van der Waals surface area contributed by atoms with Crippen LogP contribution in [-0.4, -0.2) is 14.6 Å². The quantitative estimate of drug-likeness (QED) is 0.794. The fourth-order valence-corrected chi connectivity index (χ4v) is 2.65. The molecule has 0 radical (unpaired) electrons. The molecule has 2 heterocycles. The van der Waals surface area contributed by atoms with Crippen molar-refractivity contribution in [1.29, 1.82) is 0 Å². The molecule has 0 aliphatic heterocycles. The topological polar surface area (TPSA) is 30.2 Å². The Kier molecular flexibility index (Phi) is 2.06. The highest BCUT2D eigenvalue weighted by Crippen LogP contribution is 2.39. The maximum absolute atomic E-state index is 4.60. The van der Waals surface area contributed by atoms with Gasteiger partial charge in [-0.05, 0) is 41.3 Å². The third-order valence-corrected chi connectivity index (χ3v) is 3.82. The second-order valence-electron chi connectivity index (χ2n) is 4.23. The monoisotopic (exact) mass is 265 g/mol. The standard InChI is InChI=1S/C11H12BrN3/c1-7-5-13-11-9(12)10(8-3-2-4-8)14-15(11)6-7/h5-6,8H,2-4H2,1H3. The smallest absolute Gasteiger partial charge is 0.169 e. The summed E-state index contributed by atoms with van der Waals surface area (Å²) in [4.78, 5) is 4.40. The minimum absolute atomic E-state index is 0.640. The molecule has 0 saturated heterocycles. The van der Waals surface area contributed by atoms with Gasteiger partial charge in [0.05, 0.1) is 10.2 Å². The fraction of sp³-hybridized carbons (Fsp3) is 0.455. The summed E-state index contributed by atoms with van der Waals surface area (Å²) in [5, 5.41) is 4.60. The lowest BCUT2D eigenvalue weighted by molar-refractivity contribution is 0.408. The second kappa shape index (κ2) is 3.30. The Morgan fingerprint density at radius 3 is 2.93 bits per heavy atom. The molecule has 0 unspecified atom stereocenters. The molecule has 4 heteroatoms. The highest BCUT2D eigenvalue weighted by atomic mass is 79.9. The van der Waals surface area contributed by atoms with Gasteiger partial charge in [-0.3, -0.25) is 0 Å². The van der Waals surface area contributed by atoms with Gasteiger partial charge in [-0.25, -0.2) is 9.50 Å². The van der Waals surface area contributed by atoms with E-state index in [-0.39, 0.29) is 0 Å². The van der Waals surface area contributed by atoms with Crippen molar-refractivity contribution in [2.75, 3.05) is 0 Å². The number of hydrogen-bond acceptors (Lipinski definition) is 2. The van der Waals surface area contributed by atoms with Gasteiger partial charge in [0.2, 0.25) is 0 Å². The number of nitrogens with zero attached hydrogens (tertiary/aromatic N) is 3. The molecule has 0 atom stereocenters. The van der Waals surface area contributed by atoms with Crippen LogP contribution in [0.1, 0.15) is 36.4 Å². The second-order valence-corrected chi connectivity index (χ2v) is 5.02. The van der Waals surface area contributed by atoms with Crippen LogP contribution in [0.25, 0.3) is 5.65 Å². The minimum atomic E-state index is 0.640. The predicted octanol–water partition coefficient (Wildman–Crippen LogP) is 3.07. The molecule has 2 aromatic rings. The van der Waals surface area contributed by atoms with E-state index in [0.29, 0.717) is 5.92 Å². The first-order valence-corrected chi connectivity index (χ1v) is 6.05. The van der Waals surface area contributed by atoms with Crippen LogP contribution in [0.2, 0.25) is 0 Å². The van der Waals surface area contributed by atoms with Gasteiger partial charge in [0, 0.05) is 18.3 Å². The van der Waals surface area contributed by atoms with Crippen molar-refractivity contribution < 1.29 is 0 Å². The summed E-state index contributed by atoms with van der Waals surface area (Å²) in [5.41, 5.74) is 3.25. The van der Waals surface area contributed by atoms with Gasteiger partial charge in [0.25, 0.3) is 0 Å². The average molecular weight is 266 g/mol.